The average molecular weight is 296 g/mol. The van der Waals surface area contributed by atoms with Crippen LogP contribution in [0.1, 0.15) is 19.4 Å². The highest BCUT2D eigenvalue weighted by molar-refractivity contribution is 5.80. The normalized spacial score (nSPS) is 13.3. The van der Waals surface area contributed by atoms with Crippen LogP contribution in [0.4, 0.5) is 5.69 Å². The Morgan fingerprint density at radius 3 is 2.67 bits per heavy atom. The van der Waals surface area contributed by atoms with Crippen LogP contribution in [0, 0.1) is 17.0 Å². The standard InChI is InChI=1S/C14H20N2O5/c1-5-20-13(17)14(3,15-4)9-21-11-8-6-7-10(2)12(11)16(18)19/h6-8,15H,5,9H2,1-4H3. The summed E-state index contributed by atoms with van der Waals surface area (Å²) in [6, 6.07) is 4.80. The molecule has 0 amide bonds. The molecule has 0 heterocycles. The van der Waals surface area contributed by atoms with Gasteiger partial charge in [-0.1, -0.05) is 12.1 Å². The Labute approximate surface area is 123 Å². The number of nitro benzene ring substituents is 1. The Morgan fingerprint density at radius 1 is 1.48 bits per heavy atom. The van der Waals surface area contributed by atoms with Crippen molar-refractivity contribution in [1.29, 1.82) is 0 Å². The molecular weight excluding hydrogens is 276 g/mol. The number of nitro groups is 1. The van der Waals surface area contributed by atoms with Gasteiger partial charge < -0.3 is 14.8 Å². The van der Waals surface area contributed by atoms with E-state index in [0.717, 1.165) is 0 Å². The third-order valence-electron chi connectivity index (χ3n) is 3.18. The summed E-state index contributed by atoms with van der Waals surface area (Å²) < 4.78 is 10.5. The molecule has 0 saturated carbocycles. The van der Waals surface area contributed by atoms with Gasteiger partial charge in [0.25, 0.3) is 0 Å². The minimum absolute atomic E-state index is 0.0768. The smallest absolute Gasteiger partial charge is 0.329 e. The van der Waals surface area contributed by atoms with Gasteiger partial charge in [0.1, 0.15) is 12.1 Å². The van der Waals surface area contributed by atoms with E-state index in [1.807, 2.05) is 0 Å². The molecule has 1 aromatic carbocycles. The highest BCUT2D eigenvalue weighted by Crippen LogP contribution is 2.30. The maximum Gasteiger partial charge on any atom is 0.329 e. The van der Waals surface area contributed by atoms with Gasteiger partial charge in [0, 0.05) is 5.56 Å². The predicted molar refractivity (Wildman–Crippen MR) is 77.4 cm³/mol. The molecule has 0 saturated heterocycles. The van der Waals surface area contributed by atoms with Gasteiger partial charge in [0.05, 0.1) is 11.5 Å². The first-order valence-electron chi connectivity index (χ1n) is 6.58. The Bertz CT molecular complexity index is 532. The highest BCUT2D eigenvalue weighted by atomic mass is 16.6. The lowest BCUT2D eigenvalue weighted by molar-refractivity contribution is -0.386. The molecule has 1 unspecified atom stereocenters. The van der Waals surface area contributed by atoms with Crippen molar-refractivity contribution in [2.45, 2.75) is 26.3 Å². The molecule has 116 valence electrons. The van der Waals surface area contributed by atoms with Crippen LogP contribution in [0.3, 0.4) is 0 Å². The van der Waals surface area contributed by atoms with Crippen LogP contribution in [0.25, 0.3) is 0 Å². The lowest BCUT2D eigenvalue weighted by Gasteiger charge is -2.26. The number of esters is 1. The molecule has 0 radical (unpaired) electrons. The van der Waals surface area contributed by atoms with Crippen LogP contribution in [-0.4, -0.2) is 36.7 Å². The zero-order valence-electron chi connectivity index (χ0n) is 12.6. The third kappa shape index (κ3) is 3.91. The first-order chi connectivity index (χ1) is 9.85. The topological polar surface area (TPSA) is 90.7 Å². The molecule has 0 aliphatic heterocycles. The molecule has 1 atom stereocenters. The SMILES string of the molecule is CCOC(=O)C(C)(COc1cccc(C)c1[N+](=O)[O-])NC. The van der Waals surface area contributed by atoms with Gasteiger partial charge in [-0.25, -0.2) is 4.79 Å². The van der Waals surface area contributed by atoms with Crippen molar-refractivity contribution in [3.63, 3.8) is 0 Å². The van der Waals surface area contributed by atoms with Gasteiger partial charge >= 0.3 is 11.7 Å². The first-order valence-corrected chi connectivity index (χ1v) is 6.58. The fourth-order valence-corrected chi connectivity index (χ4v) is 1.73. The molecule has 0 bridgehead atoms. The zero-order chi connectivity index (χ0) is 16.0. The van der Waals surface area contributed by atoms with Crippen molar-refractivity contribution < 1.29 is 19.2 Å². The molecule has 21 heavy (non-hydrogen) atoms. The number of rotatable bonds is 7. The average Bonchev–Trinajstić information content (AvgIpc) is 2.44. The Kier molecular flexibility index (Phi) is 5.66. The van der Waals surface area contributed by atoms with E-state index in [1.165, 1.54) is 6.07 Å². The quantitative estimate of drug-likeness (QED) is 0.469. The van der Waals surface area contributed by atoms with Crippen LogP contribution in [0.15, 0.2) is 18.2 Å². The van der Waals surface area contributed by atoms with Crippen molar-refractivity contribution >= 4 is 11.7 Å². The van der Waals surface area contributed by atoms with Crippen molar-refractivity contribution in [3.05, 3.63) is 33.9 Å². The molecule has 0 aromatic heterocycles. The summed E-state index contributed by atoms with van der Waals surface area (Å²) in [5.74, 6) is -0.339. The maximum absolute atomic E-state index is 11.9. The summed E-state index contributed by atoms with van der Waals surface area (Å²) in [5, 5.41) is 13.9. The van der Waals surface area contributed by atoms with Crippen LogP contribution in [-0.2, 0) is 9.53 Å². The van der Waals surface area contributed by atoms with Gasteiger partial charge in [0.2, 0.25) is 0 Å². The molecule has 1 aromatic rings. The van der Waals surface area contributed by atoms with Crippen LogP contribution in [0.5, 0.6) is 5.75 Å². The molecule has 0 aliphatic carbocycles. The number of nitrogens with zero attached hydrogens (tertiary/aromatic N) is 1. The fourth-order valence-electron chi connectivity index (χ4n) is 1.73. The second-order valence-corrected chi connectivity index (χ2v) is 4.77. The Balaban J connectivity index is 2.94. The monoisotopic (exact) mass is 296 g/mol. The van der Waals surface area contributed by atoms with E-state index in [0.29, 0.717) is 5.56 Å². The van der Waals surface area contributed by atoms with E-state index in [9.17, 15) is 14.9 Å². The fraction of sp³-hybridized carbons (Fsp3) is 0.500. The summed E-state index contributed by atoms with van der Waals surface area (Å²) in [4.78, 5) is 22.5. The number of carbonyl (C=O) groups is 1. The number of benzene rings is 1. The number of likely N-dealkylation sites (N-methyl/N-ethyl adjacent to an activating group) is 1. The molecule has 0 aliphatic rings. The zero-order valence-corrected chi connectivity index (χ0v) is 12.6. The predicted octanol–water partition coefficient (Wildman–Crippen LogP) is 1.82. The lowest BCUT2D eigenvalue weighted by Crippen LogP contribution is -2.53. The van der Waals surface area contributed by atoms with E-state index >= 15 is 0 Å². The second kappa shape index (κ2) is 7.03. The molecular formula is C14H20N2O5. The highest BCUT2D eigenvalue weighted by Gasteiger charge is 2.35. The minimum atomic E-state index is -1.08. The molecule has 0 fully saturated rings. The number of nitrogens with one attached hydrogen (secondary N) is 1. The Hall–Kier alpha value is -2.15. The van der Waals surface area contributed by atoms with E-state index in [1.54, 1.807) is 40.0 Å². The Morgan fingerprint density at radius 2 is 2.14 bits per heavy atom. The number of carbonyl (C=O) groups excluding carboxylic acids is 1. The number of ether oxygens (including phenoxy) is 2. The summed E-state index contributed by atoms with van der Waals surface area (Å²) in [6.07, 6.45) is 0. The van der Waals surface area contributed by atoms with Crippen LogP contribution in [0.2, 0.25) is 0 Å². The van der Waals surface area contributed by atoms with Crippen LogP contribution < -0.4 is 10.1 Å². The molecule has 7 nitrogen and oxygen atoms in total. The summed E-state index contributed by atoms with van der Waals surface area (Å²) in [7, 11) is 1.60. The van der Waals surface area contributed by atoms with E-state index in [-0.39, 0.29) is 24.7 Å². The van der Waals surface area contributed by atoms with Crippen molar-refractivity contribution in [2.75, 3.05) is 20.3 Å². The van der Waals surface area contributed by atoms with Crippen molar-refractivity contribution in [3.8, 4) is 5.75 Å². The third-order valence-corrected chi connectivity index (χ3v) is 3.18. The molecule has 1 rings (SSSR count). The van der Waals surface area contributed by atoms with Gasteiger partial charge in [-0.15, -0.1) is 0 Å². The van der Waals surface area contributed by atoms with Gasteiger partial charge in [-0.05, 0) is 33.9 Å². The lowest BCUT2D eigenvalue weighted by atomic mass is 10.0. The molecule has 7 heteroatoms. The second-order valence-electron chi connectivity index (χ2n) is 4.77. The van der Waals surface area contributed by atoms with Gasteiger partial charge in [0.15, 0.2) is 5.75 Å². The van der Waals surface area contributed by atoms with E-state index in [2.05, 4.69) is 5.32 Å². The minimum Gasteiger partial charge on any atom is -0.484 e. The maximum atomic E-state index is 11.9. The van der Waals surface area contributed by atoms with Crippen LogP contribution >= 0.6 is 0 Å². The largest absolute Gasteiger partial charge is 0.484 e. The van der Waals surface area contributed by atoms with Gasteiger partial charge in [-0.2, -0.15) is 0 Å². The number of hydrogen-bond donors (Lipinski definition) is 1. The van der Waals surface area contributed by atoms with Gasteiger partial charge in [-0.3, -0.25) is 10.1 Å². The number of hydrogen-bond acceptors (Lipinski definition) is 6. The molecule has 1 N–H and O–H groups in total. The number of aryl methyl sites for hydroxylation is 1. The first kappa shape index (κ1) is 16.9. The van der Waals surface area contributed by atoms with E-state index < -0.39 is 16.4 Å². The summed E-state index contributed by atoms with van der Waals surface area (Å²) >= 11 is 0. The van der Waals surface area contributed by atoms with E-state index in [4.69, 9.17) is 9.47 Å². The van der Waals surface area contributed by atoms with Crippen molar-refractivity contribution in [1.82, 2.24) is 5.32 Å². The summed E-state index contributed by atoms with van der Waals surface area (Å²) in [6.45, 7) is 5.13. The summed E-state index contributed by atoms with van der Waals surface area (Å²) in [5.41, 5.74) is -0.673. The molecule has 0 spiro atoms. The number of para-hydroxylation sites is 1. The van der Waals surface area contributed by atoms with Crippen molar-refractivity contribution in [2.24, 2.45) is 0 Å².